The van der Waals surface area contributed by atoms with Crippen LogP contribution in [-0.4, -0.2) is 11.2 Å². The summed E-state index contributed by atoms with van der Waals surface area (Å²) in [5.74, 6) is 0. The Balaban J connectivity index is 2.71. The van der Waals surface area contributed by atoms with Gasteiger partial charge >= 0.3 is 0 Å². The summed E-state index contributed by atoms with van der Waals surface area (Å²) in [5, 5.41) is 9.03. The molecule has 1 unspecified atom stereocenters. The second-order valence-corrected chi connectivity index (χ2v) is 3.62. The standard InChI is InChI=1S/C5H6Br2O/c6-3-1-2-4(8)5(3)7/h4,8H,1-2H2. The molecule has 0 aromatic heterocycles. The van der Waals surface area contributed by atoms with E-state index in [2.05, 4.69) is 31.9 Å². The third-order valence-electron chi connectivity index (χ3n) is 1.19. The minimum atomic E-state index is -0.260. The molecule has 1 nitrogen and oxygen atoms in total. The predicted molar refractivity (Wildman–Crippen MR) is 40.1 cm³/mol. The van der Waals surface area contributed by atoms with Crippen molar-refractivity contribution in [3.8, 4) is 0 Å². The number of rotatable bonds is 0. The third kappa shape index (κ3) is 1.14. The molecule has 0 bridgehead atoms. The van der Waals surface area contributed by atoms with Crippen LogP contribution in [0.3, 0.4) is 0 Å². The van der Waals surface area contributed by atoms with Gasteiger partial charge < -0.3 is 5.11 Å². The van der Waals surface area contributed by atoms with Crippen molar-refractivity contribution < 1.29 is 5.11 Å². The summed E-state index contributed by atoms with van der Waals surface area (Å²) < 4.78 is 2.02. The van der Waals surface area contributed by atoms with Crippen LogP contribution in [0, 0.1) is 0 Å². The highest BCUT2D eigenvalue weighted by molar-refractivity contribution is 9.14. The fraction of sp³-hybridized carbons (Fsp3) is 0.600. The molecule has 0 radical (unpaired) electrons. The maximum atomic E-state index is 9.03. The molecule has 0 saturated heterocycles. The maximum Gasteiger partial charge on any atom is 0.0865 e. The van der Waals surface area contributed by atoms with E-state index in [1.54, 1.807) is 0 Å². The van der Waals surface area contributed by atoms with Crippen molar-refractivity contribution in [2.24, 2.45) is 0 Å². The van der Waals surface area contributed by atoms with Gasteiger partial charge in [-0.2, -0.15) is 0 Å². The van der Waals surface area contributed by atoms with E-state index in [9.17, 15) is 0 Å². The van der Waals surface area contributed by atoms with E-state index in [1.165, 1.54) is 0 Å². The SMILES string of the molecule is OC1CCC(Br)=C1Br. The smallest absolute Gasteiger partial charge is 0.0865 e. The van der Waals surface area contributed by atoms with Crippen LogP contribution in [0.4, 0.5) is 0 Å². The number of hydrogen-bond acceptors (Lipinski definition) is 1. The molecular formula is C5H6Br2O. The van der Waals surface area contributed by atoms with Gasteiger partial charge in [0.2, 0.25) is 0 Å². The van der Waals surface area contributed by atoms with Gasteiger partial charge in [-0.1, -0.05) is 31.9 Å². The number of allylic oxidation sites excluding steroid dienone is 1. The van der Waals surface area contributed by atoms with Crippen molar-refractivity contribution in [3.05, 3.63) is 8.96 Å². The summed E-state index contributed by atoms with van der Waals surface area (Å²) in [7, 11) is 0. The minimum absolute atomic E-state index is 0.260. The van der Waals surface area contributed by atoms with Crippen LogP contribution < -0.4 is 0 Å². The first kappa shape index (κ1) is 6.78. The predicted octanol–water partition coefficient (Wildman–Crippen LogP) is 2.14. The van der Waals surface area contributed by atoms with Gasteiger partial charge in [0.25, 0.3) is 0 Å². The van der Waals surface area contributed by atoms with E-state index in [0.717, 1.165) is 21.8 Å². The molecule has 0 aromatic carbocycles. The van der Waals surface area contributed by atoms with Crippen LogP contribution in [0.15, 0.2) is 8.96 Å². The highest BCUT2D eigenvalue weighted by atomic mass is 79.9. The third-order valence-corrected chi connectivity index (χ3v) is 3.55. The molecule has 1 rings (SSSR count). The molecule has 0 amide bonds. The summed E-state index contributed by atoms with van der Waals surface area (Å²) >= 11 is 6.57. The first-order valence-electron chi connectivity index (χ1n) is 2.44. The van der Waals surface area contributed by atoms with Gasteiger partial charge in [0.15, 0.2) is 0 Å². The Morgan fingerprint density at radius 3 is 2.25 bits per heavy atom. The Kier molecular flexibility index (Phi) is 2.12. The normalized spacial score (nSPS) is 29.6. The summed E-state index contributed by atoms with van der Waals surface area (Å²) in [6.07, 6.45) is 1.55. The van der Waals surface area contributed by atoms with Crippen molar-refractivity contribution in [1.29, 1.82) is 0 Å². The lowest BCUT2D eigenvalue weighted by molar-refractivity contribution is 0.220. The van der Waals surface area contributed by atoms with Crippen LogP contribution in [0.1, 0.15) is 12.8 Å². The summed E-state index contributed by atoms with van der Waals surface area (Å²) in [6, 6.07) is 0. The van der Waals surface area contributed by atoms with E-state index >= 15 is 0 Å². The summed E-state index contributed by atoms with van der Waals surface area (Å²) in [5.41, 5.74) is 0. The summed E-state index contributed by atoms with van der Waals surface area (Å²) in [6.45, 7) is 0. The van der Waals surface area contributed by atoms with Crippen molar-refractivity contribution in [2.45, 2.75) is 18.9 Å². The molecule has 8 heavy (non-hydrogen) atoms. The number of hydrogen-bond donors (Lipinski definition) is 1. The molecule has 1 N–H and O–H groups in total. The molecule has 0 aromatic rings. The van der Waals surface area contributed by atoms with E-state index in [0.29, 0.717) is 0 Å². The van der Waals surface area contributed by atoms with Gasteiger partial charge in [0.05, 0.1) is 6.10 Å². The number of halogens is 2. The Morgan fingerprint density at radius 1 is 1.50 bits per heavy atom. The molecule has 1 atom stereocenters. The Labute approximate surface area is 65.0 Å². The lowest BCUT2D eigenvalue weighted by Gasteiger charge is -1.96. The van der Waals surface area contributed by atoms with Crippen LogP contribution >= 0.6 is 31.9 Å². The average Bonchev–Trinajstić information content (AvgIpc) is 1.98. The van der Waals surface area contributed by atoms with Gasteiger partial charge in [-0.15, -0.1) is 0 Å². The zero-order valence-electron chi connectivity index (χ0n) is 4.19. The van der Waals surface area contributed by atoms with Crippen molar-refractivity contribution in [2.75, 3.05) is 0 Å². The maximum absolute atomic E-state index is 9.03. The van der Waals surface area contributed by atoms with Crippen LogP contribution in [0.25, 0.3) is 0 Å². The van der Waals surface area contributed by atoms with Crippen molar-refractivity contribution in [1.82, 2.24) is 0 Å². The second-order valence-electron chi connectivity index (χ2n) is 1.81. The van der Waals surface area contributed by atoms with E-state index in [4.69, 9.17) is 5.11 Å². The summed E-state index contributed by atoms with van der Waals surface area (Å²) in [4.78, 5) is 0. The Hall–Kier alpha value is 0.660. The van der Waals surface area contributed by atoms with Crippen molar-refractivity contribution in [3.63, 3.8) is 0 Å². The fourth-order valence-electron chi connectivity index (χ4n) is 0.690. The zero-order chi connectivity index (χ0) is 6.15. The number of aliphatic hydroxyl groups is 1. The molecule has 0 fully saturated rings. The van der Waals surface area contributed by atoms with Gasteiger partial charge in [-0.3, -0.25) is 0 Å². The lowest BCUT2D eigenvalue weighted by atomic mass is 10.3. The van der Waals surface area contributed by atoms with E-state index in [-0.39, 0.29) is 6.10 Å². The quantitative estimate of drug-likeness (QED) is 0.689. The Bertz CT molecular complexity index is 130. The molecule has 0 heterocycles. The molecular weight excluding hydrogens is 236 g/mol. The van der Waals surface area contributed by atoms with Crippen LogP contribution in [0.5, 0.6) is 0 Å². The highest BCUT2D eigenvalue weighted by Gasteiger charge is 2.18. The van der Waals surface area contributed by atoms with Crippen molar-refractivity contribution >= 4 is 31.9 Å². The van der Waals surface area contributed by atoms with Gasteiger partial charge in [-0.05, 0) is 12.8 Å². The molecule has 1 aliphatic rings. The topological polar surface area (TPSA) is 20.2 Å². The lowest BCUT2D eigenvalue weighted by Crippen LogP contribution is -1.98. The first-order valence-corrected chi connectivity index (χ1v) is 4.02. The molecule has 3 heteroatoms. The van der Waals surface area contributed by atoms with E-state index in [1.807, 2.05) is 0 Å². The molecule has 0 spiro atoms. The monoisotopic (exact) mass is 240 g/mol. The first-order chi connectivity index (χ1) is 3.72. The van der Waals surface area contributed by atoms with Crippen LogP contribution in [-0.2, 0) is 0 Å². The molecule has 0 saturated carbocycles. The fourth-order valence-corrected chi connectivity index (χ4v) is 1.61. The largest absolute Gasteiger partial charge is 0.388 e. The van der Waals surface area contributed by atoms with Crippen LogP contribution in [0.2, 0.25) is 0 Å². The second kappa shape index (κ2) is 2.50. The molecule has 46 valence electrons. The Morgan fingerprint density at radius 2 is 2.12 bits per heavy atom. The van der Waals surface area contributed by atoms with Gasteiger partial charge in [0.1, 0.15) is 0 Å². The molecule has 1 aliphatic carbocycles. The molecule has 0 aliphatic heterocycles. The number of aliphatic hydroxyl groups excluding tert-OH is 1. The highest BCUT2D eigenvalue weighted by Crippen LogP contribution is 2.34. The van der Waals surface area contributed by atoms with Gasteiger partial charge in [-0.25, -0.2) is 0 Å². The average molecular weight is 242 g/mol. The zero-order valence-corrected chi connectivity index (χ0v) is 7.37. The van der Waals surface area contributed by atoms with Gasteiger partial charge in [0, 0.05) is 8.96 Å². The van der Waals surface area contributed by atoms with E-state index < -0.39 is 0 Å². The minimum Gasteiger partial charge on any atom is -0.388 e.